The summed E-state index contributed by atoms with van der Waals surface area (Å²) in [5, 5.41) is 9.52. The molecule has 1 aliphatic heterocycles. The van der Waals surface area contributed by atoms with Crippen LogP contribution in [0.15, 0.2) is 53.4 Å². The number of piperidine rings is 1. The first-order chi connectivity index (χ1) is 12.3. The number of halogens is 2. The maximum absolute atomic E-state index is 13.3. The van der Waals surface area contributed by atoms with Crippen LogP contribution in [-0.2, 0) is 20.2 Å². The van der Waals surface area contributed by atoms with Crippen LogP contribution in [0.5, 0.6) is 0 Å². The average molecular weight is 398 g/mol. The number of carboxylic acid groups (broad SMARTS) is 1. The third-order valence-electron chi connectivity index (χ3n) is 4.84. The van der Waals surface area contributed by atoms with E-state index in [9.17, 15) is 22.7 Å². The minimum atomic E-state index is -3.87. The lowest BCUT2D eigenvalue weighted by molar-refractivity contribution is -0.145. The lowest BCUT2D eigenvalue weighted by atomic mass is 9.73. The second-order valence-electron chi connectivity index (χ2n) is 6.23. The third-order valence-corrected chi connectivity index (χ3v) is 7.02. The smallest absolute Gasteiger partial charge is 0.314 e. The molecule has 8 heteroatoms. The second kappa shape index (κ2) is 6.98. The predicted octanol–water partition coefficient (Wildman–Crippen LogP) is 3.29. The zero-order chi connectivity index (χ0) is 18.9. The third kappa shape index (κ3) is 3.22. The van der Waals surface area contributed by atoms with Crippen LogP contribution in [0.1, 0.15) is 18.4 Å². The van der Waals surface area contributed by atoms with Crippen molar-refractivity contribution in [3.05, 3.63) is 64.9 Å². The van der Waals surface area contributed by atoms with Crippen molar-refractivity contribution in [2.24, 2.45) is 0 Å². The van der Waals surface area contributed by atoms with Gasteiger partial charge in [0.15, 0.2) is 0 Å². The van der Waals surface area contributed by atoms with Gasteiger partial charge >= 0.3 is 5.97 Å². The Bertz CT molecular complexity index is 925. The predicted molar refractivity (Wildman–Crippen MR) is 95.2 cm³/mol. The second-order valence-corrected chi connectivity index (χ2v) is 8.58. The van der Waals surface area contributed by atoms with E-state index in [1.807, 2.05) is 0 Å². The van der Waals surface area contributed by atoms with Crippen LogP contribution in [0.3, 0.4) is 0 Å². The van der Waals surface area contributed by atoms with Gasteiger partial charge in [0.05, 0.1) is 15.3 Å². The van der Waals surface area contributed by atoms with Crippen molar-refractivity contribution in [3.8, 4) is 0 Å². The zero-order valence-electron chi connectivity index (χ0n) is 13.7. The average Bonchev–Trinajstić information content (AvgIpc) is 2.64. The fraction of sp³-hybridized carbons (Fsp3) is 0.278. The van der Waals surface area contributed by atoms with Gasteiger partial charge in [-0.15, -0.1) is 0 Å². The summed E-state index contributed by atoms with van der Waals surface area (Å²) in [6.45, 7) is 0.108. The number of nitrogens with zero attached hydrogens (tertiary/aromatic N) is 1. The summed E-state index contributed by atoms with van der Waals surface area (Å²) in [5.74, 6) is -1.66. The van der Waals surface area contributed by atoms with Gasteiger partial charge in [0.1, 0.15) is 5.82 Å². The van der Waals surface area contributed by atoms with E-state index in [4.69, 9.17) is 11.6 Å². The largest absolute Gasteiger partial charge is 0.481 e. The fourth-order valence-electron chi connectivity index (χ4n) is 3.28. The number of hydrogen-bond donors (Lipinski definition) is 1. The quantitative estimate of drug-likeness (QED) is 0.859. The molecule has 0 saturated carbocycles. The molecule has 0 aliphatic carbocycles. The SMILES string of the molecule is O=C(O)C1(c2ccccc2)CCN(S(=O)(=O)c2ccc(F)c(Cl)c2)CC1. The topological polar surface area (TPSA) is 74.7 Å². The molecule has 0 bridgehead atoms. The van der Waals surface area contributed by atoms with Gasteiger partial charge in [-0.2, -0.15) is 4.31 Å². The molecule has 0 aromatic heterocycles. The first-order valence-electron chi connectivity index (χ1n) is 8.01. The molecule has 0 unspecified atom stereocenters. The van der Waals surface area contributed by atoms with Gasteiger partial charge in [0.2, 0.25) is 10.0 Å². The molecule has 1 N–H and O–H groups in total. The maximum atomic E-state index is 13.3. The van der Waals surface area contributed by atoms with E-state index in [1.165, 1.54) is 4.31 Å². The Morgan fingerprint density at radius 1 is 1.12 bits per heavy atom. The van der Waals surface area contributed by atoms with E-state index in [2.05, 4.69) is 0 Å². The number of carbonyl (C=O) groups is 1. The Morgan fingerprint density at radius 3 is 2.27 bits per heavy atom. The van der Waals surface area contributed by atoms with Crippen LogP contribution in [0.2, 0.25) is 5.02 Å². The monoisotopic (exact) mass is 397 g/mol. The van der Waals surface area contributed by atoms with E-state index < -0.39 is 27.2 Å². The highest BCUT2D eigenvalue weighted by molar-refractivity contribution is 7.89. The molecule has 26 heavy (non-hydrogen) atoms. The molecule has 2 aromatic rings. The number of sulfonamides is 1. The number of rotatable bonds is 4. The first kappa shape index (κ1) is 18.8. The standard InChI is InChI=1S/C18H17ClFNO4S/c19-15-12-14(6-7-16(15)20)26(24,25)21-10-8-18(9-11-21,17(22)23)13-4-2-1-3-5-13/h1-7,12H,8-11H2,(H,22,23). The summed E-state index contributed by atoms with van der Waals surface area (Å²) in [6.07, 6.45) is 0.307. The molecule has 0 radical (unpaired) electrons. The van der Waals surface area contributed by atoms with E-state index in [-0.39, 0.29) is 35.8 Å². The molecule has 1 heterocycles. The highest BCUT2D eigenvalue weighted by atomic mass is 35.5. The lowest BCUT2D eigenvalue weighted by Gasteiger charge is -2.38. The fourth-order valence-corrected chi connectivity index (χ4v) is 4.99. The van der Waals surface area contributed by atoms with Crippen LogP contribution in [0.25, 0.3) is 0 Å². The summed E-state index contributed by atoms with van der Waals surface area (Å²) in [7, 11) is -3.87. The number of aliphatic carboxylic acids is 1. The van der Waals surface area contributed by atoms with Crippen molar-refractivity contribution < 1.29 is 22.7 Å². The molecule has 0 atom stereocenters. The van der Waals surface area contributed by atoms with Crippen LogP contribution < -0.4 is 0 Å². The van der Waals surface area contributed by atoms with Gasteiger partial charge in [0.25, 0.3) is 0 Å². The van der Waals surface area contributed by atoms with Gasteiger partial charge < -0.3 is 5.11 Å². The molecule has 138 valence electrons. The van der Waals surface area contributed by atoms with Crippen molar-refractivity contribution in [1.82, 2.24) is 4.31 Å². The summed E-state index contributed by atoms with van der Waals surface area (Å²) in [4.78, 5) is 11.9. The van der Waals surface area contributed by atoms with E-state index >= 15 is 0 Å². The normalized spacial score (nSPS) is 17.8. The van der Waals surface area contributed by atoms with Crippen LogP contribution in [0, 0.1) is 5.82 Å². The molecule has 1 fully saturated rings. The molecule has 0 spiro atoms. The van der Waals surface area contributed by atoms with Crippen molar-refractivity contribution in [2.45, 2.75) is 23.2 Å². The molecule has 1 saturated heterocycles. The van der Waals surface area contributed by atoms with Crippen molar-refractivity contribution >= 4 is 27.6 Å². The number of hydrogen-bond acceptors (Lipinski definition) is 3. The minimum absolute atomic E-state index is 0.0541. The highest BCUT2D eigenvalue weighted by Gasteiger charge is 2.45. The Labute approximate surface area is 156 Å². The first-order valence-corrected chi connectivity index (χ1v) is 9.83. The maximum Gasteiger partial charge on any atom is 0.314 e. The van der Waals surface area contributed by atoms with Gasteiger partial charge in [0, 0.05) is 13.1 Å². The Balaban J connectivity index is 1.87. The molecule has 1 aliphatic rings. The summed E-state index contributed by atoms with van der Waals surface area (Å²) in [5.41, 5.74) is -0.456. The van der Waals surface area contributed by atoms with E-state index in [1.54, 1.807) is 30.3 Å². The zero-order valence-corrected chi connectivity index (χ0v) is 15.3. The minimum Gasteiger partial charge on any atom is -0.481 e. The summed E-state index contributed by atoms with van der Waals surface area (Å²) in [6, 6.07) is 12.1. The van der Waals surface area contributed by atoms with Crippen molar-refractivity contribution in [2.75, 3.05) is 13.1 Å². The van der Waals surface area contributed by atoms with Gasteiger partial charge in [-0.1, -0.05) is 41.9 Å². The van der Waals surface area contributed by atoms with Crippen LogP contribution in [-0.4, -0.2) is 36.9 Å². The molecule has 5 nitrogen and oxygen atoms in total. The highest BCUT2D eigenvalue weighted by Crippen LogP contribution is 2.37. The van der Waals surface area contributed by atoms with Gasteiger partial charge in [-0.3, -0.25) is 4.79 Å². The van der Waals surface area contributed by atoms with Crippen LogP contribution >= 0.6 is 11.6 Å². The molecular formula is C18H17ClFNO4S. The number of carboxylic acids is 1. The Hall–Kier alpha value is -1.96. The van der Waals surface area contributed by atoms with Crippen molar-refractivity contribution in [1.29, 1.82) is 0 Å². The van der Waals surface area contributed by atoms with E-state index in [0.717, 1.165) is 18.2 Å². The number of benzene rings is 2. The van der Waals surface area contributed by atoms with Gasteiger partial charge in [-0.25, -0.2) is 12.8 Å². The molecule has 2 aromatic carbocycles. The molecular weight excluding hydrogens is 381 g/mol. The summed E-state index contributed by atoms with van der Waals surface area (Å²) >= 11 is 5.69. The summed E-state index contributed by atoms with van der Waals surface area (Å²) < 4.78 is 40.1. The molecule has 3 rings (SSSR count). The van der Waals surface area contributed by atoms with Gasteiger partial charge in [-0.05, 0) is 36.6 Å². The molecule has 0 amide bonds. The lowest BCUT2D eigenvalue weighted by Crippen LogP contribution is -2.49. The van der Waals surface area contributed by atoms with Crippen molar-refractivity contribution in [3.63, 3.8) is 0 Å². The van der Waals surface area contributed by atoms with E-state index in [0.29, 0.717) is 5.56 Å². The Kier molecular flexibility index (Phi) is 5.05. The Morgan fingerprint density at radius 2 is 1.73 bits per heavy atom. The van der Waals surface area contributed by atoms with Crippen LogP contribution in [0.4, 0.5) is 4.39 Å².